The molecule has 0 spiro atoms. The molecule has 0 amide bonds. The third-order valence-electron chi connectivity index (χ3n) is 8.08. The summed E-state index contributed by atoms with van der Waals surface area (Å²) in [5.74, 6) is 1.44. The smallest absolute Gasteiger partial charge is 0.110 e. The van der Waals surface area contributed by atoms with Crippen LogP contribution in [0, 0.1) is 22.7 Å². The minimum Gasteiger partial charge on any atom is -0.394 e. The van der Waals surface area contributed by atoms with Crippen molar-refractivity contribution in [3.8, 4) is 0 Å². The van der Waals surface area contributed by atoms with Gasteiger partial charge in [-0.3, -0.25) is 0 Å². The molecule has 1 saturated heterocycles. The van der Waals surface area contributed by atoms with Crippen molar-refractivity contribution in [2.45, 2.75) is 84.3 Å². The lowest BCUT2D eigenvalue weighted by molar-refractivity contribution is -0.0910. The van der Waals surface area contributed by atoms with Crippen LogP contribution in [-0.4, -0.2) is 23.4 Å². The van der Waals surface area contributed by atoms with Crippen LogP contribution in [-0.2, 0) is 4.74 Å². The molecule has 0 radical (unpaired) electrons. The van der Waals surface area contributed by atoms with Crippen LogP contribution in [0.5, 0.6) is 0 Å². The van der Waals surface area contributed by atoms with Crippen molar-refractivity contribution in [2.24, 2.45) is 22.7 Å². The molecule has 3 fully saturated rings. The maximum atomic E-state index is 9.30. The van der Waals surface area contributed by atoms with Gasteiger partial charge in [0.1, 0.15) is 6.10 Å². The highest BCUT2D eigenvalue weighted by atomic mass is 16.6. The SMILES string of the molecule is C=C1CC[C@@]2(C)[C@H](C)CCC[C@@]2(C)[C@@H]1CC[C@@]1(C)O[C@@H]1CO. The Balaban J connectivity index is 1.77. The van der Waals surface area contributed by atoms with Crippen molar-refractivity contribution in [2.75, 3.05) is 6.61 Å². The third-order valence-corrected chi connectivity index (χ3v) is 8.08. The van der Waals surface area contributed by atoms with E-state index >= 15 is 0 Å². The van der Waals surface area contributed by atoms with Gasteiger partial charge < -0.3 is 9.84 Å². The van der Waals surface area contributed by atoms with Gasteiger partial charge in [0.05, 0.1) is 12.2 Å². The maximum Gasteiger partial charge on any atom is 0.110 e. The first-order valence-corrected chi connectivity index (χ1v) is 9.23. The molecule has 1 heterocycles. The first kappa shape index (κ1) is 16.5. The molecular formula is C20H34O2. The molecule has 1 aliphatic heterocycles. The highest BCUT2D eigenvalue weighted by molar-refractivity contribution is 5.18. The minimum atomic E-state index is -0.0838. The van der Waals surface area contributed by atoms with Gasteiger partial charge in [0, 0.05) is 0 Å². The molecule has 0 aromatic carbocycles. The summed E-state index contributed by atoms with van der Waals surface area (Å²) in [6.45, 7) is 14.3. The molecule has 126 valence electrons. The molecular weight excluding hydrogens is 272 g/mol. The molecule has 22 heavy (non-hydrogen) atoms. The number of ether oxygens (including phenoxy) is 1. The zero-order chi connectivity index (χ0) is 16.2. The molecule has 1 N–H and O–H groups in total. The molecule has 2 saturated carbocycles. The predicted octanol–water partition coefficient (Wildman–Crippen LogP) is 4.72. The van der Waals surface area contributed by atoms with Crippen LogP contribution in [0.4, 0.5) is 0 Å². The van der Waals surface area contributed by atoms with Crippen molar-refractivity contribution >= 4 is 0 Å². The summed E-state index contributed by atoms with van der Waals surface area (Å²) < 4.78 is 5.72. The van der Waals surface area contributed by atoms with E-state index in [4.69, 9.17) is 4.74 Å². The van der Waals surface area contributed by atoms with E-state index in [1.54, 1.807) is 0 Å². The molecule has 2 nitrogen and oxygen atoms in total. The van der Waals surface area contributed by atoms with Crippen LogP contribution < -0.4 is 0 Å². The lowest BCUT2D eigenvalue weighted by Crippen LogP contribution is -2.53. The minimum absolute atomic E-state index is 0.0637. The highest BCUT2D eigenvalue weighted by Crippen LogP contribution is 2.65. The molecule has 0 unspecified atom stereocenters. The lowest BCUT2D eigenvalue weighted by Gasteiger charge is -2.61. The van der Waals surface area contributed by atoms with Gasteiger partial charge in [-0.1, -0.05) is 45.8 Å². The molecule has 0 aromatic rings. The van der Waals surface area contributed by atoms with E-state index < -0.39 is 0 Å². The van der Waals surface area contributed by atoms with Crippen LogP contribution in [0.2, 0.25) is 0 Å². The topological polar surface area (TPSA) is 32.8 Å². The van der Waals surface area contributed by atoms with E-state index in [2.05, 4.69) is 34.3 Å². The second kappa shape index (κ2) is 5.34. The van der Waals surface area contributed by atoms with E-state index in [-0.39, 0.29) is 18.3 Å². The number of fused-ring (bicyclic) bond motifs is 1. The Morgan fingerprint density at radius 1 is 1.23 bits per heavy atom. The molecule has 0 aromatic heterocycles. The number of hydrogen-bond acceptors (Lipinski definition) is 2. The van der Waals surface area contributed by atoms with E-state index in [1.807, 2.05) is 0 Å². The van der Waals surface area contributed by atoms with Crippen LogP contribution in [0.3, 0.4) is 0 Å². The van der Waals surface area contributed by atoms with E-state index in [0.717, 1.165) is 12.3 Å². The van der Waals surface area contributed by atoms with E-state index in [0.29, 0.717) is 16.7 Å². The Hall–Kier alpha value is -0.340. The summed E-state index contributed by atoms with van der Waals surface area (Å²) in [5, 5.41) is 9.30. The second-order valence-electron chi connectivity index (χ2n) is 8.98. The fourth-order valence-electron chi connectivity index (χ4n) is 5.79. The second-order valence-corrected chi connectivity index (χ2v) is 8.98. The number of hydrogen-bond donors (Lipinski definition) is 1. The van der Waals surface area contributed by atoms with Gasteiger partial charge >= 0.3 is 0 Å². The van der Waals surface area contributed by atoms with Gasteiger partial charge in [-0.15, -0.1) is 0 Å². The quantitative estimate of drug-likeness (QED) is 0.602. The lowest BCUT2D eigenvalue weighted by atomic mass is 9.43. The van der Waals surface area contributed by atoms with Crippen LogP contribution in [0.15, 0.2) is 12.2 Å². The fraction of sp³-hybridized carbons (Fsp3) is 0.900. The Morgan fingerprint density at radius 2 is 1.95 bits per heavy atom. The van der Waals surface area contributed by atoms with Crippen molar-refractivity contribution in [3.05, 3.63) is 12.2 Å². The normalized spacial score (nSPS) is 51.5. The van der Waals surface area contributed by atoms with E-state index in [9.17, 15) is 5.11 Å². The zero-order valence-electron chi connectivity index (χ0n) is 15.0. The van der Waals surface area contributed by atoms with Crippen molar-refractivity contribution in [1.29, 1.82) is 0 Å². The summed E-state index contributed by atoms with van der Waals surface area (Å²) in [4.78, 5) is 0. The summed E-state index contributed by atoms with van der Waals surface area (Å²) in [6.07, 6.45) is 8.90. The monoisotopic (exact) mass is 306 g/mol. The number of rotatable bonds is 4. The van der Waals surface area contributed by atoms with Gasteiger partial charge in [-0.2, -0.15) is 0 Å². The maximum absolute atomic E-state index is 9.30. The first-order chi connectivity index (χ1) is 10.3. The predicted molar refractivity (Wildman–Crippen MR) is 90.7 cm³/mol. The van der Waals surface area contributed by atoms with Crippen LogP contribution in [0.1, 0.15) is 72.6 Å². The molecule has 2 heteroatoms. The van der Waals surface area contributed by atoms with Crippen LogP contribution in [0.25, 0.3) is 0 Å². The fourth-order valence-corrected chi connectivity index (χ4v) is 5.79. The summed E-state index contributed by atoms with van der Waals surface area (Å²) >= 11 is 0. The molecule has 6 atom stereocenters. The Labute approximate surface area is 136 Å². The Kier molecular flexibility index (Phi) is 4.01. The van der Waals surface area contributed by atoms with Gasteiger partial charge in [0.15, 0.2) is 0 Å². The van der Waals surface area contributed by atoms with Crippen molar-refractivity contribution in [3.63, 3.8) is 0 Å². The van der Waals surface area contributed by atoms with Crippen LogP contribution >= 0.6 is 0 Å². The number of aliphatic hydroxyl groups excluding tert-OH is 1. The molecule has 3 rings (SSSR count). The number of allylic oxidation sites excluding steroid dienone is 1. The molecule has 2 aliphatic carbocycles. The number of epoxide rings is 1. The average Bonchev–Trinajstić information content (AvgIpc) is 3.13. The van der Waals surface area contributed by atoms with Gasteiger partial charge in [-0.05, 0) is 61.7 Å². The largest absolute Gasteiger partial charge is 0.394 e. The zero-order valence-corrected chi connectivity index (χ0v) is 15.0. The van der Waals surface area contributed by atoms with Crippen molar-refractivity contribution in [1.82, 2.24) is 0 Å². The third kappa shape index (κ3) is 2.29. The van der Waals surface area contributed by atoms with E-state index in [1.165, 1.54) is 44.1 Å². The molecule has 3 aliphatic rings. The highest BCUT2D eigenvalue weighted by Gasteiger charge is 2.58. The summed E-state index contributed by atoms with van der Waals surface area (Å²) in [5.41, 5.74) is 2.23. The first-order valence-electron chi connectivity index (χ1n) is 9.23. The van der Waals surface area contributed by atoms with Gasteiger partial charge in [-0.25, -0.2) is 0 Å². The number of aliphatic hydroxyl groups is 1. The van der Waals surface area contributed by atoms with Gasteiger partial charge in [0.25, 0.3) is 0 Å². The Bertz CT molecular complexity index is 459. The molecule has 0 bridgehead atoms. The summed E-state index contributed by atoms with van der Waals surface area (Å²) in [7, 11) is 0. The standard InChI is InChI=1S/C20H34O2/c1-14-8-11-18(3)15(2)7-6-10-19(18,4)16(14)9-12-20(5)17(13-21)22-20/h15-17,21H,1,6-13H2,2-5H3/t15-,16-,17-,18+,19+,20-/m1/s1. The van der Waals surface area contributed by atoms with Crippen molar-refractivity contribution < 1.29 is 9.84 Å². The summed E-state index contributed by atoms with van der Waals surface area (Å²) in [6, 6.07) is 0. The van der Waals surface area contributed by atoms with Gasteiger partial charge in [0.2, 0.25) is 0 Å². The Morgan fingerprint density at radius 3 is 2.59 bits per heavy atom. The average molecular weight is 306 g/mol.